The minimum absolute atomic E-state index is 0.0448. The lowest BCUT2D eigenvalue weighted by atomic mass is 10.0. The highest BCUT2D eigenvalue weighted by molar-refractivity contribution is 5.93. The summed E-state index contributed by atoms with van der Waals surface area (Å²) in [5.41, 5.74) is 2.30. The minimum Gasteiger partial charge on any atom is -0.494 e. The van der Waals surface area contributed by atoms with Crippen LogP contribution in [-0.2, 0) is 9.59 Å². The number of benzene rings is 2. The Balaban J connectivity index is 2.14. The lowest BCUT2D eigenvalue weighted by Crippen LogP contribution is -2.29. The van der Waals surface area contributed by atoms with Crippen molar-refractivity contribution < 1.29 is 18.7 Å². The SMILES string of the molecule is COc1cc(F)ccc1NC(=O)CC(NC(C)=O)c1ccc(C)cc1. The standard InChI is InChI=1S/C19H21FN2O3/c1-12-4-6-14(7-5-12)17(21-13(2)23)11-19(24)22-16-9-8-15(20)10-18(16)25-3/h4-10,17H,11H2,1-3H3,(H,21,23)(H,22,24). The highest BCUT2D eigenvalue weighted by atomic mass is 19.1. The Morgan fingerprint density at radius 3 is 2.44 bits per heavy atom. The maximum atomic E-state index is 13.2. The number of ether oxygens (including phenoxy) is 1. The van der Waals surface area contributed by atoms with Gasteiger partial charge in [-0.3, -0.25) is 9.59 Å². The van der Waals surface area contributed by atoms with Gasteiger partial charge in [0.1, 0.15) is 11.6 Å². The van der Waals surface area contributed by atoms with Crippen molar-refractivity contribution in [2.75, 3.05) is 12.4 Å². The molecule has 2 rings (SSSR count). The Kier molecular flexibility index (Phi) is 6.11. The number of anilines is 1. The van der Waals surface area contributed by atoms with Crippen molar-refractivity contribution in [2.24, 2.45) is 0 Å². The van der Waals surface area contributed by atoms with Crippen LogP contribution in [0.1, 0.15) is 30.5 Å². The molecular weight excluding hydrogens is 323 g/mol. The largest absolute Gasteiger partial charge is 0.494 e. The Bertz CT molecular complexity index is 760. The molecule has 0 saturated heterocycles. The van der Waals surface area contributed by atoms with Crippen molar-refractivity contribution in [1.29, 1.82) is 0 Å². The highest BCUT2D eigenvalue weighted by Crippen LogP contribution is 2.26. The number of aryl methyl sites for hydroxylation is 1. The average molecular weight is 344 g/mol. The molecular formula is C19H21FN2O3. The third kappa shape index (κ3) is 5.31. The molecule has 0 saturated carbocycles. The summed E-state index contributed by atoms with van der Waals surface area (Å²) in [6.07, 6.45) is 0.0448. The summed E-state index contributed by atoms with van der Waals surface area (Å²) in [6.45, 7) is 3.37. The van der Waals surface area contributed by atoms with Crippen LogP contribution in [0.15, 0.2) is 42.5 Å². The van der Waals surface area contributed by atoms with E-state index in [1.54, 1.807) is 0 Å². The molecule has 0 heterocycles. The van der Waals surface area contributed by atoms with E-state index in [2.05, 4.69) is 10.6 Å². The van der Waals surface area contributed by atoms with Crippen LogP contribution >= 0.6 is 0 Å². The highest BCUT2D eigenvalue weighted by Gasteiger charge is 2.18. The predicted molar refractivity (Wildman–Crippen MR) is 93.9 cm³/mol. The van der Waals surface area contributed by atoms with E-state index < -0.39 is 11.9 Å². The molecule has 0 radical (unpaired) electrons. The molecule has 0 aliphatic carbocycles. The van der Waals surface area contributed by atoms with E-state index in [4.69, 9.17) is 4.74 Å². The third-order valence-electron chi connectivity index (χ3n) is 3.68. The van der Waals surface area contributed by atoms with Crippen LogP contribution in [0.25, 0.3) is 0 Å². The molecule has 1 unspecified atom stereocenters. The van der Waals surface area contributed by atoms with Crippen LogP contribution in [-0.4, -0.2) is 18.9 Å². The number of carbonyl (C=O) groups excluding carboxylic acids is 2. The van der Waals surface area contributed by atoms with Gasteiger partial charge in [0.15, 0.2) is 0 Å². The summed E-state index contributed by atoms with van der Waals surface area (Å²) in [4.78, 5) is 23.9. The zero-order valence-corrected chi connectivity index (χ0v) is 14.4. The van der Waals surface area contributed by atoms with Crippen LogP contribution in [0.2, 0.25) is 0 Å². The monoisotopic (exact) mass is 344 g/mol. The Morgan fingerprint density at radius 2 is 1.84 bits per heavy atom. The van der Waals surface area contributed by atoms with Gasteiger partial charge in [-0.2, -0.15) is 0 Å². The first-order valence-corrected chi connectivity index (χ1v) is 7.86. The van der Waals surface area contributed by atoms with Crippen LogP contribution in [0.5, 0.6) is 5.75 Å². The van der Waals surface area contributed by atoms with Crippen LogP contribution in [0, 0.1) is 12.7 Å². The van der Waals surface area contributed by atoms with Gasteiger partial charge in [-0.25, -0.2) is 4.39 Å². The third-order valence-corrected chi connectivity index (χ3v) is 3.68. The van der Waals surface area contributed by atoms with Gasteiger partial charge < -0.3 is 15.4 Å². The normalized spacial score (nSPS) is 11.5. The number of amides is 2. The first-order valence-electron chi connectivity index (χ1n) is 7.86. The number of nitrogens with one attached hydrogen (secondary N) is 2. The smallest absolute Gasteiger partial charge is 0.226 e. The quantitative estimate of drug-likeness (QED) is 0.844. The Morgan fingerprint density at radius 1 is 1.16 bits per heavy atom. The molecule has 0 bridgehead atoms. The van der Waals surface area contributed by atoms with Crippen molar-refractivity contribution in [1.82, 2.24) is 5.32 Å². The first kappa shape index (κ1) is 18.4. The summed E-state index contributed by atoms with van der Waals surface area (Å²) >= 11 is 0. The summed E-state index contributed by atoms with van der Waals surface area (Å²) < 4.78 is 18.3. The molecule has 6 heteroatoms. The van der Waals surface area contributed by atoms with Gasteiger partial charge in [-0.05, 0) is 24.6 Å². The summed E-state index contributed by atoms with van der Waals surface area (Å²) in [5, 5.41) is 5.47. The topological polar surface area (TPSA) is 67.4 Å². The maximum absolute atomic E-state index is 13.2. The number of carbonyl (C=O) groups is 2. The maximum Gasteiger partial charge on any atom is 0.226 e. The minimum atomic E-state index is -0.454. The van der Waals surface area contributed by atoms with Gasteiger partial charge in [-0.15, -0.1) is 0 Å². The fraction of sp³-hybridized carbons (Fsp3) is 0.263. The second kappa shape index (κ2) is 8.28. The van der Waals surface area contributed by atoms with E-state index in [0.717, 1.165) is 11.1 Å². The molecule has 2 aromatic rings. The molecule has 0 aliphatic rings. The van der Waals surface area contributed by atoms with Crippen LogP contribution < -0.4 is 15.4 Å². The fourth-order valence-corrected chi connectivity index (χ4v) is 2.45. The molecule has 0 spiro atoms. The van der Waals surface area contributed by atoms with E-state index in [-0.39, 0.29) is 24.0 Å². The van der Waals surface area contributed by atoms with Crippen molar-refractivity contribution in [3.05, 3.63) is 59.4 Å². The van der Waals surface area contributed by atoms with E-state index >= 15 is 0 Å². The molecule has 0 aromatic heterocycles. The summed E-state index contributed by atoms with van der Waals surface area (Å²) in [5.74, 6) is -0.757. The first-order chi connectivity index (χ1) is 11.9. The van der Waals surface area contributed by atoms with Gasteiger partial charge in [0.05, 0.1) is 25.3 Å². The number of rotatable bonds is 6. The van der Waals surface area contributed by atoms with E-state index in [0.29, 0.717) is 5.69 Å². The average Bonchev–Trinajstić information content (AvgIpc) is 2.56. The molecule has 0 fully saturated rings. The zero-order chi connectivity index (χ0) is 18.4. The molecule has 5 nitrogen and oxygen atoms in total. The lowest BCUT2D eigenvalue weighted by Gasteiger charge is -2.19. The van der Waals surface area contributed by atoms with E-state index in [1.165, 1.54) is 32.2 Å². The molecule has 25 heavy (non-hydrogen) atoms. The number of hydrogen-bond donors (Lipinski definition) is 2. The second-order valence-corrected chi connectivity index (χ2v) is 5.76. The molecule has 2 amide bonds. The van der Waals surface area contributed by atoms with Gasteiger partial charge >= 0.3 is 0 Å². The van der Waals surface area contributed by atoms with Crippen molar-refractivity contribution >= 4 is 17.5 Å². The van der Waals surface area contributed by atoms with Crippen molar-refractivity contribution in [2.45, 2.75) is 26.3 Å². The number of methoxy groups -OCH3 is 1. The van der Waals surface area contributed by atoms with E-state index in [9.17, 15) is 14.0 Å². The molecule has 1 atom stereocenters. The number of halogens is 1. The van der Waals surface area contributed by atoms with Gasteiger partial charge in [0, 0.05) is 13.0 Å². The summed E-state index contributed by atoms with van der Waals surface area (Å²) in [7, 11) is 1.40. The van der Waals surface area contributed by atoms with Crippen LogP contribution in [0.3, 0.4) is 0 Å². The molecule has 2 N–H and O–H groups in total. The predicted octanol–water partition coefficient (Wildman–Crippen LogP) is 3.35. The Hall–Kier alpha value is -2.89. The summed E-state index contributed by atoms with van der Waals surface area (Å²) in [6, 6.07) is 11.0. The lowest BCUT2D eigenvalue weighted by molar-refractivity contribution is -0.120. The van der Waals surface area contributed by atoms with Crippen LogP contribution in [0.4, 0.5) is 10.1 Å². The van der Waals surface area contributed by atoms with Crippen molar-refractivity contribution in [3.8, 4) is 5.75 Å². The second-order valence-electron chi connectivity index (χ2n) is 5.76. The zero-order valence-electron chi connectivity index (χ0n) is 14.4. The van der Waals surface area contributed by atoms with Gasteiger partial charge in [0.25, 0.3) is 0 Å². The van der Waals surface area contributed by atoms with Gasteiger partial charge in [0.2, 0.25) is 11.8 Å². The van der Waals surface area contributed by atoms with E-state index in [1.807, 2.05) is 31.2 Å². The van der Waals surface area contributed by atoms with Gasteiger partial charge in [-0.1, -0.05) is 29.8 Å². The Labute approximate surface area is 146 Å². The molecule has 132 valence electrons. The fourth-order valence-electron chi connectivity index (χ4n) is 2.45. The molecule has 2 aromatic carbocycles. The number of hydrogen-bond acceptors (Lipinski definition) is 3. The molecule has 0 aliphatic heterocycles. The van der Waals surface area contributed by atoms with Crippen molar-refractivity contribution in [3.63, 3.8) is 0 Å².